The molecule has 1 fully saturated rings. The zero-order valence-corrected chi connectivity index (χ0v) is 13.6. The van der Waals surface area contributed by atoms with Crippen molar-refractivity contribution in [2.75, 3.05) is 32.0 Å². The van der Waals surface area contributed by atoms with E-state index in [1.165, 1.54) is 19.1 Å². The molecule has 0 bridgehead atoms. The first-order valence-corrected chi connectivity index (χ1v) is 7.57. The van der Waals surface area contributed by atoms with Crippen LogP contribution in [0.1, 0.15) is 25.0 Å². The Morgan fingerprint density at radius 3 is 2.61 bits per heavy atom. The number of carbonyl (C=O) groups is 1. The van der Waals surface area contributed by atoms with Crippen molar-refractivity contribution in [3.63, 3.8) is 0 Å². The number of hydrogen-bond donors (Lipinski definition) is 1. The molecule has 1 aliphatic heterocycles. The number of hydrogen-bond acceptors (Lipinski definition) is 3. The summed E-state index contributed by atoms with van der Waals surface area (Å²) in [6.07, 6.45) is -4.44. The van der Waals surface area contributed by atoms with E-state index in [2.05, 4.69) is 17.1 Å². The fourth-order valence-electron chi connectivity index (χ4n) is 2.77. The van der Waals surface area contributed by atoms with Crippen molar-refractivity contribution in [2.24, 2.45) is 0 Å². The van der Waals surface area contributed by atoms with Gasteiger partial charge in [0.15, 0.2) is 0 Å². The van der Waals surface area contributed by atoms with Gasteiger partial charge in [0.2, 0.25) is 5.91 Å². The Bertz CT molecular complexity index is 574. The molecule has 2 rings (SSSR count). The van der Waals surface area contributed by atoms with E-state index in [1.54, 1.807) is 0 Å². The van der Waals surface area contributed by atoms with Crippen LogP contribution in [0.4, 0.5) is 18.9 Å². The molecule has 1 aromatic rings. The van der Waals surface area contributed by atoms with Crippen molar-refractivity contribution >= 4 is 11.6 Å². The molecule has 7 heteroatoms. The predicted octanol–water partition coefficient (Wildman–Crippen LogP) is 2.80. The van der Waals surface area contributed by atoms with Crippen LogP contribution in [-0.2, 0) is 17.5 Å². The summed E-state index contributed by atoms with van der Waals surface area (Å²) < 4.78 is 40.0. The molecule has 1 N–H and O–H groups in total. The van der Waals surface area contributed by atoms with Gasteiger partial charge in [-0.05, 0) is 31.7 Å². The minimum atomic E-state index is -4.44. The summed E-state index contributed by atoms with van der Waals surface area (Å²) in [5.74, 6) is -0.390. The predicted molar refractivity (Wildman–Crippen MR) is 83.1 cm³/mol. The third kappa shape index (κ3) is 4.68. The van der Waals surface area contributed by atoms with Crippen molar-refractivity contribution in [1.29, 1.82) is 0 Å². The zero-order chi connectivity index (χ0) is 17.2. The number of nitrogens with one attached hydrogen (secondary N) is 1. The maximum atomic E-state index is 13.3. The molecule has 1 atom stereocenters. The molecule has 0 aliphatic carbocycles. The quantitative estimate of drug-likeness (QED) is 0.926. The monoisotopic (exact) mass is 329 g/mol. The number of carbonyl (C=O) groups excluding carboxylic acids is 1. The Morgan fingerprint density at radius 2 is 2.04 bits per heavy atom. The second-order valence-electron chi connectivity index (χ2n) is 6.12. The molecule has 23 heavy (non-hydrogen) atoms. The largest absolute Gasteiger partial charge is 0.416 e. The number of benzene rings is 1. The fourth-order valence-corrected chi connectivity index (χ4v) is 2.77. The van der Waals surface area contributed by atoms with Crippen molar-refractivity contribution in [1.82, 2.24) is 9.80 Å². The lowest BCUT2D eigenvalue weighted by molar-refractivity contribution is -0.138. The normalized spacial score (nSPS) is 20.5. The van der Waals surface area contributed by atoms with Gasteiger partial charge < -0.3 is 10.2 Å². The van der Waals surface area contributed by atoms with Crippen molar-refractivity contribution in [3.05, 3.63) is 29.3 Å². The van der Waals surface area contributed by atoms with Crippen LogP contribution >= 0.6 is 0 Å². The van der Waals surface area contributed by atoms with E-state index in [0.29, 0.717) is 6.04 Å². The van der Waals surface area contributed by atoms with Gasteiger partial charge in [-0.1, -0.05) is 6.07 Å². The lowest BCUT2D eigenvalue weighted by atomic mass is 10.0. The third-order valence-electron chi connectivity index (χ3n) is 4.17. The van der Waals surface area contributed by atoms with Crippen LogP contribution in [0.5, 0.6) is 0 Å². The highest BCUT2D eigenvalue weighted by Crippen LogP contribution is 2.34. The number of piperazine rings is 1. The van der Waals surface area contributed by atoms with Crippen molar-refractivity contribution in [2.45, 2.75) is 32.6 Å². The van der Waals surface area contributed by atoms with Gasteiger partial charge in [0.25, 0.3) is 0 Å². The van der Waals surface area contributed by atoms with Crippen LogP contribution in [0.3, 0.4) is 0 Å². The zero-order valence-electron chi connectivity index (χ0n) is 13.6. The highest BCUT2D eigenvalue weighted by atomic mass is 19.4. The van der Waals surface area contributed by atoms with Gasteiger partial charge in [-0.2, -0.15) is 13.2 Å². The van der Waals surface area contributed by atoms with Gasteiger partial charge in [0, 0.05) is 44.8 Å². The number of alkyl halides is 3. The second kappa shape index (κ2) is 6.88. The first kappa shape index (κ1) is 17.7. The highest BCUT2D eigenvalue weighted by molar-refractivity contribution is 5.88. The molecule has 1 heterocycles. The Hall–Kier alpha value is -1.60. The van der Waals surface area contributed by atoms with Crippen LogP contribution in [-0.4, -0.2) is 48.4 Å². The Labute approximate surface area is 134 Å². The Kier molecular flexibility index (Phi) is 5.31. The van der Waals surface area contributed by atoms with Gasteiger partial charge in [0.1, 0.15) is 0 Å². The minimum absolute atomic E-state index is 0.167. The molecule has 1 saturated heterocycles. The Morgan fingerprint density at radius 1 is 1.35 bits per heavy atom. The summed E-state index contributed by atoms with van der Waals surface area (Å²) in [5.41, 5.74) is -0.279. The van der Waals surface area contributed by atoms with Gasteiger partial charge in [-0.3, -0.25) is 9.69 Å². The van der Waals surface area contributed by atoms with E-state index in [-0.39, 0.29) is 17.8 Å². The maximum absolute atomic E-state index is 13.3. The van der Waals surface area contributed by atoms with Gasteiger partial charge in [-0.25, -0.2) is 0 Å². The van der Waals surface area contributed by atoms with Crippen LogP contribution in [0, 0.1) is 0 Å². The minimum Gasteiger partial charge on any atom is -0.326 e. The smallest absolute Gasteiger partial charge is 0.326 e. The second-order valence-corrected chi connectivity index (χ2v) is 6.12. The number of amides is 1. The van der Waals surface area contributed by atoms with E-state index in [0.717, 1.165) is 25.7 Å². The van der Waals surface area contributed by atoms with Crippen molar-refractivity contribution < 1.29 is 18.0 Å². The summed E-state index contributed by atoms with van der Waals surface area (Å²) in [5, 5.41) is 2.40. The number of likely N-dealkylation sites (N-methyl/N-ethyl adjacent to an activating group) is 1. The summed E-state index contributed by atoms with van der Waals surface area (Å²) in [6.45, 7) is 5.91. The number of rotatable bonds is 3. The molecular weight excluding hydrogens is 307 g/mol. The van der Waals surface area contributed by atoms with E-state index < -0.39 is 17.6 Å². The number of nitrogens with zero attached hydrogens (tertiary/aromatic N) is 2. The molecule has 0 unspecified atom stereocenters. The van der Waals surface area contributed by atoms with E-state index in [4.69, 9.17) is 0 Å². The van der Waals surface area contributed by atoms with Crippen LogP contribution in [0.25, 0.3) is 0 Å². The third-order valence-corrected chi connectivity index (χ3v) is 4.17. The number of anilines is 1. The lowest BCUT2D eigenvalue weighted by Gasteiger charge is -2.38. The topological polar surface area (TPSA) is 35.6 Å². The summed E-state index contributed by atoms with van der Waals surface area (Å²) in [4.78, 5) is 15.3. The van der Waals surface area contributed by atoms with Gasteiger partial charge >= 0.3 is 6.18 Å². The van der Waals surface area contributed by atoms with Gasteiger partial charge in [-0.15, -0.1) is 0 Å². The molecule has 0 aromatic heterocycles. The maximum Gasteiger partial charge on any atom is 0.416 e. The van der Waals surface area contributed by atoms with E-state index in [1.807, 2.05) is 11.9 Å². The molecule has 1 aromatic carbocycles. The summed E-state index contributed by atoms with van der Waals surface area (Å²) >= 11 is 0. The highest BCUT2D eigenvalue weighted by Gasteiger charge is 2.34. The number of halogens is 3. The molecule has 0 radical (unpaired) electrons. The lowest BCUT2D eigenvalue weighted by Crippen LogP contribution is -2.49. The average Bonchev–Trinajstić information content (AvgIpc) is 2.43. The fraction of sp³-hybridized carbons (Fsp3) is 0.562. The van der Waals surface area contributed by atoms with E-state index >= 15 is 0 Å². The van der Waals surface area contributed by atoms with Crippen LogP contribution < -0.4 is 5.32 Å². The summed E-state index contributed by atoms with van der Waals surface area (Å²) in [7, 11) is 2.02. The molecule has 128 valence electrons. The Balaban J connectivity index is 2.22. The molecule has 0 spiro atoms. The van der Waals surface area contributed by atoms with Crippen LogP contribution in [0.2, 0.25) is 0 Å². The first-order valence-electron chi connectivity index (χ1n) is 7.57. The van der Waals surface area contributed by atoms with Crippen molar-refractivity contribution in [3.8, 4) is 0 Å². The molecule has 1 aliphatic rings. The first-order chi connectivity index (χ1) is 10.7. The molecule has 1 amide bonds. The molecule has 4 nitrogen and oxygen atoms in total. The standard InChI is InChI=1S/C16H22F3N3O/c1-11-9-22(7-6-21(11)3)10-13-4-5-14(20-12(2)23)8-15(13)16(17,18)19/h4-5,8,11H,6-7,9-10H2,1-3H3,(H,20,23)/t11-/m0/s1. The molecule has 0 saturated carbocycles. The summed E-state index contributed by atoms with van der Waals surface area (Å²) in [6, 6.07) is 4.30. The van der Waals surface area contributed by atoms with E-state index in [9.17, 15) is 18.0 Å². The SMILES string of the molecule is CC(=O)Nc1ccc(CN2CCN(C)[C@@H](C)C2)c(C(F)(F)F)c1. The van der Waals surface area contributed by atoms with Gasteiger partial charge in [0.05, 0.1) is 5.56 Å². The average molecular weight is 329 g/mol. The van der Waals surface area contributed by atoms with Crippen LogP contribution in [0.15, 0.2) is 18.2 Å². The molecular formula is C16H22F3N3O.